The molecule has 0 fully saturated rings. The van der Waals surface area contributed by atoms with Crippen LogP contribution in [-0.4, -0.2) is 24.0 Å². The second kappa shape index (κ2) is 10.1. The van der Waals surface area contributed by atoms with Gasteiger partial charge in [-0.2, -0.15) is 0 Å². The van der Waals surface area contributed by atoms with E-state index in [0.29, 0.717) is 21.6 Å². The monoisotopic (exact) mass is 381 g/mol. The number of amides is 1. The number of anilines is 2. The molecule has 0 saturated carbocycles. The van der Waals surface area contributed by atoms with Gasteiger partial charge >= 0.3 is 0 Å². The van der Waals surface area contributed by atoms with Crippen LogP contribution in [0.2, 0.25) is 10.0 Å². The highest BCUT2D eigenvalue weighted by Gasteiger charge is 2.07. The summed E-state index contributed by atoms with van der Waals surface area (Å²) < 4.78 is 5.38. The van der Waals surface area contributed by atoms with Crippen molar-refractivity contribution < 1.29 is 9.53 Å². The number of nitrogens with zero attached hydrogens (tertiary/aromatic N) is 1. The Morgan fingerprint density at radius 3 is 2.72 bits per heavy atom. The number of hydrogen-bond donors (Lipinski definition) is 2. The standard InChI is InChI=1S/C18H21Cl2N3O2/c1-2-3-4-9-21-14-6-8-17(22-11-14)23-18(24)12-25-16-7-5-13(19)10-15(16)20/h5-8,10-11,21H,2-4,9,12H2,1H3,(H,22,23,24). The van der Waals surface area contributed by atoms with Gasteiger partial charge < -0.3 is 15.4 Å². The summed E-state index contributed by atoms with van der Waals surface area (Å²) in [6.07, 6.45) is 5.21. The van der Waals surface area contributed by atoms with Gasteiger partial charge in [0, 0.05) is 11.6 Å². The van der Waals surface area contributed by atoms with E-state index >= 15 is 0 Å². The summed E-state index contributed by atoms with van der Waals surface area (Å²) in [5, 5.41) is 6.83. The van der Waals surface area contributed by atoms with E-state index in [9.17, 15) is 4.79 Å². The maximum atomic E-state index is 11.9. The van der Waals surface area contributed by atoms with E-state index < -0.39 is 0 Å². The maximum absolute atomic E-state index is 11.9. The fraction of sp³-hybridized carbons (Fsp3) is 0.333. The van der Waals surface area contributed by atoms with E-state index in [-0.39, 0.29) is 12.5 Å². The van der Waals surface area contributed by atoms with Crippen LogP contribution in [0.5, 0.6) is 5.75 Å². The maximum Gasteiger partial charge on any atom is 0.263 e. The average molecular weight is 382 g/mol. The summed E-state index contributed by atoms with van der Waals surface area (Å²) in [7, 11) is 0. The van der Waals surface area contributed by atoms with Crippen LogP contribution in [0.25, 0.3) is 0 Å². The summed E-state index contributed by atoms with van der Waals surface area (Å²) in [6.45, 7) is 2.92. The third-order valence-electron chi connectivity index (χ3n) is 3.39. The molecule has 0 aliphatic carbocycles. The second-order valence-electron chi connectivity index (χ2n) is 5.48. The van der Waals surface area contributed by atoms with Crippen molar-refractivity contribution in [1.82, 2.24) is 4.98 Å². The van der Waals surface area contributed by atoms with Crippen LogP contribution in [0, 0.1) is 0 Å². The molecular formula is C18H21Cl2N3O2. The molecule has 0 aliphatic rings. The number of benzene rings is 1. The Labute approximate surface area is 157 Å². The highest BCUT2D eigenvalue weighted by atomic mass is 35.5. The van der Waals surface area contributed by atoms with Crippen molar-refractivity contribution >= 4 is 40.6 Å². The Hall–Kier alpha value is -1.98. The fourth-order valence-corrected chi connectivity index (χ4v) is 2.56. The molecule has 5 nitrogen and oxygen atoms in total. The van der Waals surface area contributed by atoms with Crippen molar-refractivity contribution in [2.45, 2.75) is 26.2 Å². The van der Waals surface area contributed by atoms with Gasteiger partial charge in [-0.3, -0.25) is 4.79 Å². The first kappa shape index (κ1) is 19.3. The van der Waals surface area contributed by atoms with Crippen molar-refractivity contribution in [1.29, 1.82) is 0 Å². The molecule has 7 heteroatoms. The van der Waals surface area contributed by atoms with Gasteiger partial charge in [-0.05, 0) is 36.8 Å². The quantitative estimate of drug-likeness (QED) is 0.599. The highest BCUT2D eigenvalue weighted by Crippen LogP contribution is 2.27. The first-order chi connectivity index (χ1) is 12.1. The van der Waals surface area contributed by atoms with E-state index in [4.69, 9.17) is 27.9 Å². The molecule has 25 heavy (non-hydrogen) atoms. The van der Waals surface area contributed by atoms with E-state index in [0.717, 1.165) is 18.7 Å². The molecule has 134 valence electrons. The van der Waals surface area contributed by atoms with Crippen LogP contribution in [-0.2, 0) is 4.79 Å². The average Bonchev–Trinajstić information content (AvgIpc) is 2.59. The normalized spacial score (nSPS) is 10.4. The number of aromatic nitrogens is 1. The molecule has 1 aromatic heterocycles. The zero-order valence-electron chi connectivity index (χ0n) is 14.0. The minimum Gasteiger partial charge on any atom is -0.482 e. The van der Waals surface area contributed by atoms with Gasteiger partial charge in [0.1, 0.15) is 11.6 Å². The third-order valence-corrected chi connectivity index (χ3v) is 3.92. The number of pyridine rings is 1. The van der Waals surface area contributed by atoms with Gasteiger partial charge in [-0.25, -0.2) is 4.98 Å². The van der Waals surface area contributed by atoms with Crippen molar-refractivity contribution in [2.75, 3.05) is 23.8 Å². The number of nitrogens with one attached hydrogen (secondary N) is 2. The number of carbonyl (C=O) groups is 1. The molecule has 2 aromatic rings. The number of halogens is 2. The van der Waals surface area contributed by atoms with E-state index in [1.165, 1.54) is 12.8 Å². The molecule has 1 amide bonds. The number of unbranched alkanes of at least 4 members (excludes halogenated alkanes) is 2. The lowest BCUT2D eigenvalue weighted by Crippen LogP contribution is -2.20. The smallest absolute Gasteiger partial charge is 0.263 e. The van der Waals surface area contributed by atoms with Gasteiger partial charge in [-0.15, -0.1) is 0 Å². The molecular weight excluding hydrogens is 361 g/mol. The summed E-state index contributed by atoms with van der Waals surface area (Å²) in [4.78, 5) is 16.1. The predicted molar refractivity (Wildman–Crippen MR) is 103 cm³/mol. The number of rotatable bonds is 9. The lowest BCUT2D eigenvalue weighted by atomic mass is 10.2. The van der Waals surface area contributed by atoms with E-state index in [1.54, 1.807) is 30.5 Å². The molecule has 2 rings (SSSR count). The third kappa shape index (κ3) is 6.80. The highest BCUT2D eigenvalue weighted by molar-refractivity contribution is 6.35. The summed E-state index contributed by atoms with van der Waals surface area (Å²) >= 11 is 11.8. The Morgan fingerprint density at radius 1 is 1.20 bits per heavy atom. The Kier molecular flexibility index (Phi) is 7.82. The first-order valence-electron chi connectivity index (χ1n) is 8.16. The Bertz CT molecular complexity index is 693. The van der Waals surface area contributed by atoms with Gasteiger partial charge in [0.2, 0.25) is 0 Å². The molecule has 1 heterocycles. The van der Waals surface area contributed by atoms with Gasteiger partial charge in [0.15, 0.2) is 6.61 Å². The second-order valence-corrected chi connectivity index (χ2v) is 6.32. The molecule has 0 spiro atoms. The van der Waals surface area contributed by atoms with Crippen LogP contribution in [0.15, 0.2) is 36.5 Å². The van der Waals surface area contributed by atoms with Gasteiger partial charge in [-0.1, -0.05) is 43.0 Å². The van der Waals surface area contributed by atoms with Crippen LogP contribution in [0.1, 0.15) is 26.2 Å². The SMILES string of the molecule is CCCCCNc1ccc(NC(=O)COc2ccc(Cl)cc2Cl)nc1. The summed E-state index contributed by atoms with van der Waals surface area (Å²) in [5.41, 5.74) is 0.929. The minimum absolute atomic E-state index is 0.167. The van der Waals surface area contributed by atoms with Gasteiger partial charge in [0.05, 0.1) is 16.9 Å². The first-order valence-corrected chi connectivity index (χ1v) is 8.91. The van der Waals surface area contributed by atoms with E-state index in [1.807, 2.05) is 6.07 Å². The Balaban J connectivity index is 1.78. The molecule has 0 bridgehead atoms. The van der Waals surface area contributed by atoms with Crippen molar-refractivity contribution in [3.05, 3.63) is 46.6 Å². The van der Waals surface area contributed by atoms with Crippen LogP contribution >= 0.6 is 23.2 Å². The molecule has 2 N–H and O–H groups in total. The van der Waals surface area contributed by atoms with Crippen molar-refractivity contribution in [2.24, 2.45) is 0 Å². The number of carbonyl (C=O) groups excluding carboxylic acids is 1. The molecule has 0 aliphatic heterocycles. The lowest BCUT2D eigenvalue weighted by Gasteiger charge is -2.09. The molecule has 1 aromatic carbocycles. The van der Waals surface area contributed by atoms with E-state index in [2.05, 4.69) is 22.5 Å². The molecule has 0 radical (unpaired) electrons. The summed E-state index contributed by atoms with van der Waals surface area (Å²) in [5.74, 6) is 0.554. The van der Waals surface area contributed by atoms with Crippen LogP contribution in [0.4, 0.5) is 11.5 Å². The topological polar surface area (TPSA) is 63.2 Å². The lowest BCUT2D eigenvalue weighted by molar-refractivity contribution is -0.118. The number of hydrogen-bond acceptors (Lipinski definition) is 4. The number of ether oxygens (including phenoxy) is 1. The zero-order valence-corrected chi connectivity index (χ0v) is 15.5. The Morgan fingerprint density at radius 2 is 2.04 bits per heavy atom. The van der Waals surface area contributed by atoms with Crippen LogP contribution < -0.4 is 15.4 Å². The van der Waals surface area contributed by atoms with Crippen molar-refractivity contribution in [3.63, 3.8) is 0 Å². The largest absolute Gasteiger partial charge is 0.482 e. The summed E-state index contributed by atoms with van der Waals surface area (Å²) in [6, 6.07) is 8.45. The molecule has 0 unspecified atom stereocenters. The fourth-order valence-electron chi connectivity index (χ4n) is 2.09. The van der Waals surface area contributed by atoms with Crippen LogP contribution in [0.3, 0.4) is 0 Å². The predicted octanol–water partition coefficient (Wildman–Crippen LogP) is 5.01. The van der Waals surface area contributed by atoms with Gasteiger partial charge in [0.25, 0.3) is 5.91 Å². The minimum atomic E-state index is -0.317. The molecule has 0 atom stereocenters. The zero-order chi connectivity index (χ0) is 18.1. The van der Waals surface area contributed by atoms with Crippen molar-refractivity contribution in [3.8, 4) is 5.75 Å². The molecule has 0 saturated heterocycles.